The molecule has 0 N–H and O–H groups in total. The normalized spacial score (nSPS) is 22.9. The van der Waals surface area contributed by atoms with Gasteiger partial charge >= 0.3 is 0 Å². The zero-order valence-electron chi connectivity index (χ0n) is 15.5. The summed E-state index contributed by atoms with van der Waals surface area (Å²) in [7, 11) is -3.79. The van der Waals surface area contributed by atoms with Crippen LogP contribution in [0.1, 0.15) is 35.2 Å². The van der Waals surface area contributed by atoms with Gasteiger partial charge in [-0.15, -0.1) is 5.10 Å². The van der Waals surface area contributed by atoms with Crippen LogP contribution in [0.15, 0.2) is 63.0 Å². The van der Waals surface area contributed by atoms with Crippen LogP contribution in [0.4, 0.5) is 0 Å². The number of carbonyl (C=O) groups is 1. The first kappa shape index (κ1) is 18.8. The lowest BCUT2D eigenvalue weighted by Crippen LogP contribution is -2.57. The summed E-state index contributed by atoms with van der Waals surface area (Å²) < 4.78 is 28.7. The van der Waals surface area contributed by atoms with Crippen LogP contribution in [0.25, 0.3) is 0 Å². The second kappa shape index (κ2) is 6.93. The molecule has 1 unspecified atom stereocenters. The summed E-state index contributed by atoms with van der Waals surface area (Å²) in [6, 6.07) is 13.9. The summed E-state index contributed by atoms with van der Waals surface area (Å²) in [5.41, 5.74) is 0.989. The SMILES string of the molecule is O=C(c1ccccc1Br)N1N=C2c3ccccc3S(=O)(=O)N2C1N1CCCCC1. The summed E-state index contributed by atoms with van der Waals surface area (Å²) in [6.07, 6.45) is 2.23. The van der Waals surface area contributed by atoms with Gasteiger partial charge in [0.1, 0.15) is 0 Å². The smallest absolute Gasteiger partial charge is 0.267 e. The molecule has 1 fully saturated rings. The van der Waals surface area contributed by atoms with Gasteiger partial charge in [0.05, 0.1) is 10.5 Å². The predicted molar refractivity (Wildman–Crippen MR) is 112 cm³/mol. The second-order valence-corrected chi connectivity index (χ2v) is 9.93. The summed E-state index contributed by atoms with van der Waals surface area (Å²) in [5.74, 6) is -0.0146. The highest BCUT2D eigenvalue weighted by Gasteiger charge is 2.53. The van der Waals surface area contributed by atoms with Gasteiger partial charge in [0.2, 0.25) is 0 Å². The van der Waals surface area contributed by atoms with Gasteiger partial charge in [-0.2, -0.15) is 5.01 Å². The van der Waals surface area contributed by atoms with E-state index in [1.807, 2.05) is 11.0 Å². The van der Waals surface area contributed by atoms with E-state index in [2.05, 4.69) is 21.0 Å². The second-order valence-electron chi connectivity index (χ2n) is 7.29. The van der Waals surface area contributed by atoms with E-state index >= 15 is 0 Å². The number of nitrogens with zero attached hydrogens (tertiary/aromatic N) is 4. The number of piperidine rings is 1. The maximum atomic E-state index is 13.4. The minimum absolute atomic E-state index is 0.244. The Morgan fingerprint density at radius 1 is 1.00 bits per heavy atom. The molecule has 1 amide bonds. The Morgan fingerprint density at radius 2 is 1.69 bits per heavy atom. The van der Waals surface area contributed by atoms with Crippen molar-refractivity contribution >= 4 is 37.7 Å². The highest BCUT2D eigenvalue weighted by Crippen LogP contribution is 2.39. The average Bonchev–Trinajstić information content (AvgIpc) is 3.24. The van der Waals surface area contributed by atoms with Gasteiger partial charge in [-0.1, -0.05) is 30.7 Å². The van der Waals surface area contributed by atoms with Crippen molar-refractivity contribution < 1.29 is 13.2 Å². The first-order valence-corrected chi connectivity index (χ1v) is 11.8. The Kier molecular flexibility index (Phi) is 4.49. The molecule has 0 saturated carbocycles. The van der Waals surface area contributed by atoms with Crippen molar-refractivity contribution in [3.05, 3.63) is 64.1 Å². The average molecular weight is 475 g/mol. The number of fused-ring (bicyclic) bond motifs is 3. The van der Waals surface area contributed by atoms with Gasteiger partial charge in [0.15, 0.2) is 12.1 Å². The number of hydrogen-bond donors (Lipinski definition) is 0. The number of amidine groups is 1. The maximum Gasteiger partial charge on any atom is 0.278 e. The van der Waals surface area contributed by atoms with Crippen LogP contribution in [-0.2, 0) is 10.0 Å². The molecule has 0 aliphatic carbocycles. The molecule has 1 atom stereocenters. The quantitative estimate of drug-likeness (QED) is 0.670. The molecule has 1 saturated heterocycles. The van der Waals surface area contributed by atoms with Crippen LogP contribution < -0.4 is 0 Å². The third-order valence-electron chi connectivity index (χ3n) is 5.53. The molecule has 0 spiro atoms. The standard InChI is InChI=1S/C20H19BrN4O3S/c21-16-10-4-2-8-14(16)19(26)24-20(23-12-6-1-7-13-23)25-18(22-24)15-9-3-5-11-17(15)29(25,27)28/h2-5,8-11,20H,1,6-7,12-13H2. The predicted octanol–water partition coefficient (Wildman–Crippen LogP) is 3.04. The summed E-state index contributed by atoms with van der Waals surface area (Å²) in [5, 5.41) is 5.87. The minimum Gasteiger partial charge on any atom is -0.267 e. The van der Waals surface area contributed by atoms with Crippen molar-refractivity contribution in [1.82, 2.24) is 14.2 Å². The van der Waals surface area contributed by atoms with Crippen LogP contribution in [0.2, 0.25) is 0 Å². The molecule has 3 aliphatic heterocycles. The Hall–Kier alpha value is -2.23. The summed E-state index contributed by atoms with van der Waals surface area (Å²) in [4.78, 5) is 15.7. The van der Waals surface area contributed by atoms with Crippen molar-refractivity contribution in [1.29, 1.82) is 0 Å². The van der Waals surface area contributed by atoms with Gasteiger partial charge < -0.3 is 0 Å². The van der Waals surface area contributed by atoms with E-state index in [0.29, 0.717) is 21.4 Å². The third-order valence-corrected chi connectivity index (χ3v) is 8.02. The molecule has 2 aromatic rings. The van der Waals surface area contributed by atoms with E-state index in [1.165, 1.54) is 9.31 Å². The van der Waals surface area contributed by atoms with Gasteiger partial charge in [-0.05, 0) is 53.0 Å². The fourth-order valence-corrected chi connectivity index (χ4v) is 6.35. The molecule has 0 bridgehead atoms. The lowest BCUT2D eigenvalue weighted by molar-refractivity contribution is 0.00552. The maximum absolute atomic E-state index is 13.4. The number of halogens is 1. The lowest BCUT2D eigenvalue weighted by Gasteiger charge is -2.38. The van der Waals surface area contributed by atoms with Crippen molar-refractivity contribution in [2.45, 2.75) is 30.4 Å². The van der Waals surface area contributed by atoms with E-state index < -0.39 is 16.3 Å². The largest absolute Gasteiger partial charge is 0.278 e. The van der Waals surface area contributed by atoms with E-state index in [4.69, 9.17) is 0 Å². The fraction of sp³-hybridized carbons (Fsp3) is 0.300. The number of likely N-dealkylation sites (tertiary alicyclic amines) is 1. The molecule has 2 aromatic carbocycles. The molecule has 7 nitrogen and oxygen atoms in total. The molecule has 150 valence electrons. The van der Waals surface area contributed by atoms with Gasteiger partial charge in [0, 0.05) is 23.1 Å². The molecular formula is C20H19BrN4O3S. The first-order chi connectivity index (χ1) is 14.0. The lowest BCUT2D eigenvalue weighted by atomic mass is 10.1. The molecule has 3 heterocycles. The number of carbonyl (C=O) groups excluding carboxylic acids is 1. The molecule has 5 rings (SSSR count). The Balaban J connectivity index is 1.65. The van der Waals surface area contributed by atoms with Crippen LogP contribution >= 0.6 is 15.9 Å². The number of amides is 1. The van der Waals surface area contributed by atoms with Crippen molar-refractivity contribution in [2.24, 2.45) is 5.10 Å². The van der Waals surface area contributed by atoms with Crippen molar-refractivity contribution in [3.63, 3.8) is 0 Å². The van der Waals surface area contributed by atoms with Crippen molar-refractivity contribution in [3.8, 4) is 0 Å². The Labute approximate surface area is 177 Å². The van der Waals surface area contributed by atoms with Gasteiger partial charge in [0.25, 0.3) is 15.9 Å². The Bertz CT molecular complexity index is 1130. The van der Waals surface area contributed by atoms with E-state index in [0.717, 1.165) is 32.4 Å². The molecule has 9 heteroatoms. The van der Waals surface area contributed by atoms with Crippen LogP contribution in [0.5, 0.6) is 0 Å². The molecule has 0 aromatic heterocycles. The van der Waals surface area contributed by atoms with E-state index in [9.17, 15) is 13.2 Å². The molecular weight excluding hydrogens is 456 g/mol. The summed E-state index contributed by atoms with van der Waals surface area (Å²) >= 11 is 3.43. The highest BCUT2D eigenvalue weighted by atomic mass is 79.9. The number of hydrazone groups is 1. The number of sulfonamides is 1. The highest BCUT2D eigenvalue weighted by molar-refractivity contribution is 9.10. The monoisotopic (exact) mass is 474 g/mol. The molecule has 29 heavy (non-hydrogen) atoms. The molecule has 3 aliphatic rings. The third kappa shape index (κ3) is 2.83. The van der Waals surface area contributed by atoms with Crippen LogP contribution in [0, 0.1) is 0 Å². The number of rotatable bonds is 2. The molecule has 0 radical (unpaired) electrons. The van der Waals surface area contributed by atoms with Crippen LogP contribution in [0.3, 0.4) is 0 Å². The topological polar surface area (TPSA) is 73.3 Å². The fourth-order valence-electron chi connectivity index (χ4n) is 4.16. The Morgan fingerprint density at radius 3 is 2.45 bits per heavy atom. The van der Waals surface area contributed by atoms with E-state index in [-0.39, 0.29) is 10.8 Å². The van der Waals surface area contributed by atoms with Gasteiger partial charge in [-0.3, -0.25) is 9.69 Å². The number of benzene rings is 2. The minimum atomic E-state index is -3.79. The van der Waals surface area contributed by atoms with Crippen molar-refractivity contribution in [2.75, 3.05) is 13.1 Å². The summed E-state index contributed by atoms with van der Waals surface area (Å²) in [6.45, 7) is 1.44. The van der Waals surface area contributed by atoms with Crippen LogP contribution in [-0.4, -0.2) is 53.8 Å². The van der Waals surface area contributed by atoms with Gasteiger partial charge in [-0.25, -0.2) is 12.7 Å². The number of hydrogen-bond acceptors (Lipinski definition) is 5. The van der Waals surface area contributed by atoms with E-state index in [1.54, 1.807) is 42.5 Å². The zero-order chi connectivity index (χ0) is 20.2. The zero-order valence-corrected chi connectivity index (χ0v) is 17.9. The first-order valence-electron chi connectivity index (χ1n) is 9.55.